The molecule has 2 aromatic heterocycles. The highest BCUT2D eigenvalue weighted by molar-refractivity contribution is 6.35. The van der Waals surface area contributed by atoms with Gasteiger partial charge in [0.15, 0.2) is 17.3 Å². The lowest BCUT2D eigenvalue weighted by molar-refractivity contribution is -0.110. The van der Waals surface area contributed by atoms with Gasteiger partial charge in [0.25, 0.3) is 5.56 Å². The summed E-state index contributed by atoms with van der Waals surface area (Å²) in [5.41, 5.74) is 1.21. The minimum Gasteiger partial charge on any atom is -0.493 e. The van der Waals surface area contributed by atoms with Crippen molar-refractivity contribution >= 4 is 41.1 Å². The predicted octanol–water partition coefficient (Wildman–Crippen LogP) is 4.15. The Morgan fingerprint density at radius 1 is 1.13 bits per heavy atom. The highest BCUT2D eigenvalue weighted by atomic mass is 35.5. The van der Waals surface area contributed by atoms with E-state index in [2.05, 4.69) is 15.3 Å². The second-order valence-electron chi connectivity index (χ2n) is 10.2. The van der Waals surface area contributed by atoms with E-state index >= 15 is 0 Å². The minimum absolute atomic E-state index is 0.0709. The smallest absolute Gasteiger partial charge is 0.330 e. The molecule has 234 valence electrons. The molecule has 1 aliphatic rings. The fraction of sp³-hybridized carbons (Fsp3) is 0.258. The molecule has 1 saturated heterocycles. The molecule has 0 spiro atoms. The number of ether oxygens (including phenoxy) is 3. The Bertz CT molecular complexity index is 1880. The molecule has 3 atom stereocenters. The average Bonchev–Trinajstić information content (AvgIpc) is 3.67. The number of aromatic nitrogens is 5. The highest BCUT2D eigenvalue weighted by Crippen LogP contribution is 2.36. The van der Waals surface area contributed by atoms with E-state index in [-0.39, 0.29) is 19.0 Å². The number of hydrogen-bond donors (Lipinski definition) is 2. The van der Waals surface area contributed by atoms with Crippen molar-refractivity contribution in [3.63, 3.8) is 0 Å². The van der Waals surface area contributed by atoms with Crippen LogP contribution in [0.5, 0.6) is 11.5 Å². The van der Waals surface area contributed by atoms with Crippen molar-refractivity contribution in [2.24, 2.45) is 0 Å². The Labute approximate surface area is 267 Å². The van der Waals surface area contributed by atoms with Crippen LogP contribution in [0.2, 0.25) is 10.0 Å². The van der Waals surface area contributed by atoms with Gasteiger partial charge in [0.05, 0.1) is 26.0 Å². The molecular weight excluding hydrogens is 625 g/mol. The Morgan fingerprint density at radius 3 is 2.69 bits per heavy atom. The van der Waals surface area contributed by atoms with Crippen LogP contribution >= 0.6 is 23.2 Å². The number of methoxy groups -OCH3 is 1. The zero-order valence-electron chi connectivity index (χ0n) is 24.2. The van der Waals surface area contributed by atoms with Crippen molar-refractivity contribution < 1.29 is 24.1 Å². The van der Waals surface area contributed by atoms with Crippen LogP contribution in [0, 0.1) is 6.92 Å². The first-order valence-electron chi connectivity index (χ1n) is 13.8. The highest BCUT2D eigenvalue weighted by Gasteiger charge is 2.38. The van der Waals surface area contributed by atoms with Crippen molar-refractivity contribution in [2.75, 3.05) is 13.7 Å². The summed E-state index contributed by atoms with van der Waals surface area (Å²) in [7, 11) is 1.51. The molecule has 0 amide bonds. The normalized spacial score (nSPS) is 18.2. The maximum absolute atomic E-state index is 12.4. The number of rotatable bonds is 11. The third-order valence-corrected chi connectivity index (χ3v) is 7.69. The molecule has 2 N–H and O–H groups in total. The fourth-order valence-corrected chi connectivity index (χ4v) is 5.24. The standard InChI is InChI=1S/C31H29Cl2N5O7/c1-18-14-37(31(42)34-30(18)41)29-13-25(28(16-39)45-29)38-15-22(35-36-38)17-44-26-10-4-19(11-27(26)43-2)3-8-23(40)9-6-20-5-7-21(32)12-24(20)33/h3-12,14-15,25,28-29,39H,13,16-17H2,1-2H3,(H,34,41,42)/b8-3+,9-6+/t25-,28+,29+/m0/s1. The quantitative estimate of drug-likeness (QED) is 0.228. The van der Waals surface area contributed by atoms with E-state index in [1.807, 2.05) is 0 Å². The van der Waals surface area contributed by atoms with Gasteiger partial charge in [-0.1, -0.05) is 46.6 Å². The largest absolute Gasteiger partial charge is 0.493 e. The van der Waals surface area contributed by atoms with Crippen LogP contribution in [-0.4, -0.2) is 55.3 Å². The summed E-state index contributed by atoms with van der Waals surface area (Å²) in [5.74, 6) is 0.680. The number of aromatic amines is 1. The molecule has 5 rings (SSSR count). The van der Waals surface area contributed by atoms with Crippen LogP contribution < -0.4 is 20.7 Å². The van der Waals surface area contributed by atoms with Gasteiger partial charge >= 0.3 is 5.69 Å². The summed E-state index contributed by atoms with van der Waals surface area (Å²) in [6.45, 7) is 1.36. The van der Waals surface area contributed by atoms with Crippen molar-refractivity contribution in [2.45, 2.75) is 38.3 Å². The van der Waals surface area contributed by atoms with E-state index in [9.17, 15) is 19.5 Å². The monoisotopic (exact) mass is 653 g/mol. The summed E-state index contributed by atoms with van der Waals surface area (Å²) in [6, 6.07) is 9.85. The lowest BCUT2D eigenvalue weighted by Crippen LogP contribution is -2.33. The number of nitrogens with zero attached hydrogens (tertiary/aromatic N) is 4. The molecule has 0 radical (unpaired) electrons. The van der Waals surface area contributed by atoms with Crippen LogP contribution in [0.3, 0.4) is 0 Å². The molecular formula is C31H29Cl2N5O7. The van der Waals surface area contributed by atoms with Crippen molar-refractivity contribution in [3.05, 3.63) is 114 Å². The van der Waals surface area contributed by atoms with Gasteiger partial charge in [-0.05, 0) is 60.5 Å². The number of carbonyl (C=O) groups excluding carboxylic acids is 1. The van der Waals surface area contributed by atoms with E-state index in [0.29, 0.717) is 44.8 Å². The Hall–Kier alpha value is -4.49. The number of hydrogen-bond acceptors (Lipinski definition) is 9. The Kier molecular flexibility index (Phi) is 9.99. The third-order valence-electron chi connectivity index (χ3n) is 7.13. The van der Waals surface area contributed by atoms with Crippen molar-refractivity contribution in [1.29, 1.82) is 0 Å². The van der Waals surface area contributed by atoms with Crippen LogP contribution in [0.1, 0.15) is 41.1 Å². The molecule has 0 bridgehead atoms. The van der Waals surface area contributed by atoms with Crippen LogP contribution in [-0.2, 0) is 16.1 Å². The molecule has 3 heterocycles. The van der Waals surface area contributed by atoms with Gasteiger partial charge in [-0.15, -0.1) is 5.10 Å². The number of aliphatic hydroxyl groups is 1. The minimum atomic E-state index is -0.704. The zero-order valence-corrected chi connectivity index (χ0v) is 25.7. The van der Waals surface area contributed by atoms with Gasteiger partial charge in [-0.3, -0.25) is 19.1 Å². The number of carbonyl (C=O) groups is 1. The average molecular weight is 655 g/mol. The lowest BCUT2D eigenvalue weighted by atomic mass is 10.1. The SMILES string of the molecule is COc1cc(/C=C/C(=O)/C=C/c2ccc(Cl)cc2Cl)ccc1OCc1cn([C@H]2C[C@H](n3cc(C)c(=O)[nH]c3=O)O[C@@H]2CO)nn1. The van der Waals surface area contributed by atoms with Crippen LogP contribution in [0.25, 0.3) is 12.2 Å². The second kappa shape index (κ2) is 14.1. The fourth-order valence-electron chi connectivity index (χ4n) is 4.77. The first-order valence-corrected chi connectivity index (χ1v) is 14.6. The van der Waals surface area contributed by atoms with Gasteiger partial charge < -0.3 is 19.3 Å². The molecule has 12 nitrogen and oxygen atoms in total. The molecule has 4 aromatic rings. The number of halogens is 2. The molecule has 45 heavy (non-hydrogen) atoms. The number of allylic oxidation sites excluding steroid dienone is 2. The molecule has 1 aliphatic heterocycles. The van der Waals surface area contributed by atoms with Crippen molar-refractivity contribution in [3.8, 4) is 11.5 Å². The first kappa shape index (κ1) is 31.9. The molecule has 1 fully saturated rings. The molecule has 0 saturated carbocycles. The van der Waals surface area contributed by atoms with E-state index < -0.39 is 29.6 Å². The van der Waals surface area contributed by atoms with Crippen LogP contribution in [0.4, 0.5) is 0 Å². The number of ketones is 1. The molecule has 2 aromatic carbocycles. The van der Waals surface area contributed by atoms with Gasteiger partial charge in [-0.25, -0.2) is 9.48 Å². The molecule has 0 aliphatic carbocycles. The van der Waals surface area contributed by atoms with E-state index in [0.717, 1.165) is 5.56 Å². The van der Waals surface area contributed by atoms with Gasteiger partial charge in [-0.2, -0.15) is 0 Å². The lowest BCUT2D eigenvalue weighted by Gasteiger charge is -2.15. The Morgan fingerprint density at radius 2 is 1.93 bits per heavy atom. The summed E-state index contributed by atoms with van der Waals surface area (Å²) in [6.07, 6.45) is 8.20. The number of nitrogens with one attached hydrogen (secondary N) is 1. The number of H-pyrrole nitrogens is 1. The van der Waals surface area contributed by atoms with E-state index in [1.54, 1.807) is 66.4 Å². The van der Waals surface area contributed by atoms with Gasteiger partial charge in [0.1, 0.15) is 24.6 Å². The predicted molar refractivity (Wildman–Crippen MR) is 168 cm³/mol. The summed E-state index contributed by atoms with van der Waals surface area (Å²) < 4.78 is 20.2. The Balaban J connectivity index is 1.21. The molecule has 0 unspecified atom stereocenters. The number of aryl methyl sites for hydroxylation is 1. The summed E-state index contributed by atoms with van der Waals surface area (Å²) >= 11 is 12.1. The zero-order chi connectivity index (χ0) is 32.1. The maximum atomic E-state index is 12.4. The summed E-state index contributed by atoms with van der Waals surface area (Å²) in [4.78, 5) is 38.7. The van der Waals surface area contributed by atoms with E-state index in [1.165, 1.54) is 30.0 Å². The number of benzene rings is 2. The van der Waals surface area contributed by atoms with Gasteiger partial charge in [0.2, 0.25) is 0 Å². The second-order valence-corrected chi connectivity index (χ2v) is 11.1. The third kappa shape index (κ3) is 7.60. The maximum Gasteiger partial charge on any atom is 0.330 e. The van der Waals surface area contributed by atoms with Crippen molar-refractivity contribution in [1.82, 2.24) is 24.5 Å². The molecule has 14 heteroatoms. The number of aliphatic hydroxyl groups excluding tert-OH is 1. The summed E-state index contributed by atoms with van der Waals surface area (Å²) in [5, 5.41) is 19.3. The van der Waals surface area contributed by atoms with Gasteiger partial charge in [0, 0.05) is 28.2 Å². The van der Waals surface area contributed by atoms with Crippen LogP contribution in [0.15, 0.2) is 70.5 Å². The first-order chi connectivity index (χ1) is 21.6. The van der Waals surface area contributed by atoms with E-state index in [4.69, 9.17) is 37.4 Å². The topological polar surface area (TPSA) is 151 Å².